The summed E-state index contributed by atoms with van der Waals surface area (Å²) in [7, 11) is 6.97. The predicted molar refractivity (Wildman–Crippen MR) is 65.4 cm³/mol. The number of quaternary nitrogens is 1. The highest BCUT2D eigenvalue weighted by atomic mass is 15.3. The van der Waals surface area contributed by atoms with Crippen molar-refractivity contribution in [1.82, 2.24) is 0 Å². The van der Waals surface area contributed by atoms with E-state index in [1.165, 1.54) is 32.1 Å². The van der Waals surface area contributed by atoms with Crippen molar-refractivity contribution in [3.05, 3.63) is 0 Å². The van der Waals surface area contributed by atoms with Gasteiger partial charge in [-0.1, -0.05) is 40.0 Å². The molecule has 0 radical (unpaired) electrons. The first-order valence-electron chi connectivity index (χ1n) is 6.20. The monoisotopic (exact) mass is 200 g/mol. The van der Waals surface area contributed by atoms with Gasteiger partial charge in [-0.2, -0.15) is 0 Å². The molecule has 0 aliphatic rings. The fourth-order valence-corrected chi connectivity index (χ4v) is 2.40. The minimum absolute atomic E-state index is 0.802. The molecule has 0 saturated carbocycles. The minimum Gasteiger partial charge on any atom is -0.328 e. The van der Waals surface area contributed by atoms with Gasteiger partial charge < -0.3 is 4.48 Å². The summed E-state index contributed by atoms with van der Waals surface area (Å²) < 4.78 is 1.11. The van der Waals surface area contributed by atoms with Crippen LogP contribution >= 0.6 is 0 Å². The molecular weight excluding hydrogens is 170 g/mol. The van der Waals surface area contributed by atoms with E-state index in [1.807, 2.05) is 0 Å². The zero-order valence-electron chi connectivity index (χ0n) is 11.1. The Morgan fingerprint density at radius 1 is 0.929 bits per heavy atom. The lowest BCUT2D eigenvalue weighted by molar-refractivity contribution is -0.900. The van der Waals surface area contributed by atoms with Gasteiger partial charge in [-0.05, 0) is 12.8 Å². The molecule has 0 aromatic carbocycles. The van der Waals surface area contributed by atoms with E-state index in [1.54, 1.807) is 0 Å². The molecule has 0 bridgehead atoms. The highest BCUT2D eigenvalue weighted by Gasteiger charge is 2.26. The normalized spacial score (nSPS) is 14.8. The van der Waals surface area contributed by atoms with Crippen LogP contribution in [-0.2, 0) is 0 Å². The Balaban J connectivity index is 3.87. The van der Waals surface area contributed by atoms with Crippen LogP contribution < -0.4 is 0 Å². The van der Waals surface area contributed by atoms with Crippen LogP contribution in [-0.4, -0.2) is 31.7 Å². The standard InChI is InChI=1S/C13H30N/c1-7-8-9-10-11-13(12(2)3)14(4,5)6/h12-13H,7-11H2,1-6H3/q+1. The third kappa shape index (κ3) is 5.64. The largest absolute Gasteiger partial charge is 0.328 e. The average molecular weight is 200 g/mol. The molecule has 0 aromatic rings. The Morgan fingerprint density at radius 2 is 1.50 bits per heavy atom. The van der Waals surface area contributed by atoms with Crippen LogP contribution in [0.3, 0.4) is 0 Å². The molecule has 14 heavy (non-hydrogen) atoms. The van der Waals surface area contributed by atoms with Crippen molar-refractivity contribution in [1.29, 1.82) is 0 Å². The van der Waals surface area contributed by atoms with E-state index >= 15 is 0 Å². The molecule has 0 N–H and O–H groups in total. The molecule has 0 fully saturated rings. The second-order valence-corrected chi connectivity index (χ2v) is 5.78. The van der Waals surface area contributed by atoms with Gasteiger partial charge in [0.25, 0.3) is 0 Å². The summed E-state index contributed by atoms with van der Waals surface area (Å²) in [5.74, 6) is 0.802. The second-order valence-electron chi connectivity index (χ2n) is 5.78. The van der Waals surface area contributed by atoms with Crippen molar-refractivity contribution in [2.75, 3.05) is 21.1 Å². The smallest absolute Gasteiger partial charge is 0.0907 e. The molecule has 1 unspecified atom stereocenters. The Bertz CT molecular complexity index is 133. The summed E-state index contributed by atoms with van der Waals surface area (Å²) >= 11 is 0. The first kappa shape index (κ1) is 14.0. The summed E-state index contributed by atoms with van der Waals surface area (Å²) in [5, 5.41) is 0. The second kappa shape index (κ2) is 6.44. The molecule has 0 heterocycles. The molecule has 1 heteroatoms. The molecule has 0 aromatic heterocycles. The van der Waals surface area contributed by atoms with E-state index < -0.39 is 0 Å². The molecule has 0 aliphatic carbocycles. The van der Waals surface area contributed by atoms with Crippen molar-refractivity contribution >= 4 is 0 Å². The zero-order valence-corrected chi connectivity index (χ0v) is 11.1. The molecular formula is C13H30N+. The number of hydrogen-bond donors (Lipinski definition) is 0. The third-order valence-electron chi connectivity index (χ3n) is 3.12. The summed E-state index contributed by atoms with van der Waals surface area (Å²) in [6.45, 7) is 6.99. The van der Waals surface area contributed by atoms with Gasteiger partial charge in [0.2, 0.25) is 0 Å². The van der Waals surface area contributed by atoms with Gasteiger partial charge in [-0.15, -0.1) is 0 Å². The van der Waals surface area contributed by atoms with Gasteiger partial charge in [0, 0.05) is 5.92 Å². The van der Waals surface area contributed by atoms with E-state index in [9.17, 15) is 0 Å². The van der Waals surface area contributed by atoms with E-state index in [2.05, 4.69) is 41.9 Å². The Morgan fingerprint density at radius 3 is 1.86 bits per heavy atom. The fraction of sp³-hybridized carbons (Fsp3) is 1.00. The molecule has 0 spiro atoms. The van der Waals surface area contributed by atoms with Crippen LogP contribution in [0.25, 0.3) is 0 Å². The molecule has 0 rings (SSSR count). The van der Waals surface area contributed by atoms with Gasteiger partial charge in [-0.25, -0.2) is 0 Å². The van der Waals surface area contributed by atoms with Gasteiger partial charge in [0.15, 0.2) is 0 Å². The van der Waals surface area contributed by atoms with Crippen molar-refractivity contribution in [3.8, 4) is 0 Å². The van der Waals surface area contributed by atoms with Gasteiger partial charge >= 0.3 is 0 Å². The van der Waals surface area contributed by atoms with Crippen LogP contribution in [0.1, 0.15) is 52.9 Å². The highest BCUT2D eigenvalue weighted by Crippen LogP contribution is 2.20. The third-order valence-corrected chi connectivity index (χ3v) is 3.12. The van der Waals surface area contributed by atoms with Gasteiger partial charge in [0.1, 0.15) is 0 Å². The lowest BCUT2D eigenvalue weighted by atomic mass is 9.95. The van der Waals surface area contributed by atoms with Crippen LogP contribution in [0.15, 0.2) is 0 Å². The highest BCUT2D eigenvalue weighted by molar-refractivity contribution is 4.62. The molecule has 0 saturated heterocycles. The lowest BCUT2D eigenvalue weighted by Crippen LogP contribution is -2.47. The summed E-state index contributed by atoms with van der Waals surface area (Å²) in [4.78, 5) is 0. The maximum Gasteiger partial charge on any atom is 0.0907 e. The van der Waals surface area contributed by atoms with Gasteiger partial charge in [-0.3, -0.25) is 0 Å². The number of unbranched alkanes of at least 4 members (excludes halogenated alkanes) is 3. The van der Waals surface area contributed by atoms with E-state index in [-0.39, 0.29) is 0 Å². The van der Waals surface area contributed by atoms with Crippen LogP contribution in [0.4, 0.5) is 0 Å². The maximum absolute atomic E-state index is 2.36. The number of nitrogens with zero attached hydrogens (tertiary/aromatic N) is 1. The molecule has 0 amide bonds. The van der Waals surface area contributed by atoms with Gasteiger partial charge in [0.05, 0.1) is 27.2 Å². The Hall–Kier alpha value is -0.0400. The number of hydrogen-bond acceptors (Lipinski definition) is 0. The van der Waals surface area contributed by atoms with Crippen molar-refractivity contribution in [3.63, 3.8) is 0 Å². The van der Waals surface area contributed by atoms with Crippen LogP contribution in [0.2, 0.25) is 0 Å². The van der Waals surface area contributed by atoms with Crippen molar-refractivity contribution in [2.24, 2.45) is 5.92 Å². The number of rotatable bonds is 7. The van der Waals surface area contributed by atoms with E-state index in [0.717, 1.165) is 16.4 Å². The molecule has 1 atom stereocenters. The van der Waals surface area contributed by atoms with Crippen molar-refractivity contribution < 1.29 is 4.48 Å². The summed E-state index contributed by atoms with van der Waals surface area (Å²) in [5.41, 5.74) is 0. The summed E-state index contributed by atoms with van der Waals surface area (Å²) in [6, 6.07) is 0.826. The predicted octanol–water partition coefficient (Wildman–Crippen LogP) is 3.69. The van der Waals surface area contributed by atoms with Crippen molar-refractivity contribution in [2.45, 2.75) is 58.9 Å². The van der Waals surface area contributed by atoms with Crippen LogP contribution in [0.5, 0.6) is 0 Å². The lowest BCUT2D eigenvalue weighted by Gasteiger charge is -2.37. The fourth-order valence-electron chi connectivity index (χ4n) is 2.40. The maximum atomic E-state index is 2.36. The average Bonchev–Trinajstić information content (AvgIpc) is 2.01. The van der Waals surface area contributed by atoms with E-state index in [0.29, 0.717) is 0 Å². The van der Waals surface area contributed by atoms with E-state index in [4.69, 9.17) is 0 Å². The first-order chi connectivity index (χ1) is 6.39. The minimum atomic E-state index is 0.802. The van der Waals surface area contributed by atoms with Crippen LogP contribution in [0, 0.1) is 5.92 Å². The molecule has 86 valence electrons. The molecule has 0 aliphatic heterocycles. The Kier molecular flexibility index (Phi) is 6.43. The Labute approximate surface area is 91.1 Å². The first-order valence-corrected chi connectivity index (χ1v) is 6.20. The summed E-state index contributed by atoms with van der Waals surface area (Å²) in [6.07, 6.45) is 6.96. The topological polar surface area (TPSA) is 0 Å². The SMILES string of the molecule is CCCCCCC(C(C)C)[N+](C)(C)C. The zero-order chi connectivity index (χ0) is 11.2. The molecule has 1 nitrogen and oxygen atoms in total. The quantitative estimate of drug-likeness (QED) is 0.434.